The van der Waals surface area contributed by atoms with Gasteiger partial charge in [-0.1, -0.05) is 34.1 Å². The van der Waals surface area contributed by atoms with E-state index in [1.54, 1.807) is 0 Å². The molecule has 0 aromatic heterocycles. The van der Waals surface area contributed by atoms with E-state index in [-0.39, 0.29) is 17.9 Å². The summed E-state index contributed by atoms with van der Waals surface area (Å²) in [6.45, 7) is 7.68. The maximum atomic E-state index is 11.7. The van der Waals surface area contributed by atoms with Gasteiger partial charge in [0.2, 0.25) is 5.91 Å². The largest absolute Gasteiger partial charge is 0.481 e. The van der Waals surface area contributed by atoms with Gasteiger partial charge in [-0.2, -0.15) is 0 Å². The third-order valence-corrected chi connectivity index (χ3v) is 2.72. The molecule has 0 heterocycles. The molecule has 0 aliphatic rings. The highest BCUT2D eigenvalue weighted by Crippen LogP contribution is 2.17. The summed E-state index contributed by atoms with van der Waals surface area (Å²) in [5, 5.41) is 11.5. The van der Waals surface area contributed by atoms with Gasteiger partial charge in [0.05, 0.1) is 12.0 Å². The van der Waals surface area contributed by atoms with Crippen molar-refractivity contribution in [1.29, 1.82) is 0 Å². The van der Waals surface area contributed by atoms with Crippen molar-refractivity contribution in [2.45, 2.75) is 46.6 Å². The predicted molar refractivity (Wildman–Crippen MR) is 66.5 cm³/mol. The molecule has 1 amide bonds. The number of rotatable bonds is 6. The molecule has 0 saturated heterocycles. The van der Waals surface area contributed by atoms with Gasteiger partial charge in [0, 0.05) is 6.54 Å². The summed E-state index contributed by atoms with van der Waals surface area (Å²) in [7, 11) is 0. The van der Waals surface area contributed by atoms with Crippen molar-refractivity contribution in [2.24, 2.45) is 17.1 Å². The SMILES string of the molecule is CCCC(CNC(=O)[C@@H](N)C(C)(C)C)C(=O)O. The summed E-state index contributed by atoms with van der Waals surface area (Å²) in [6.07, 6.45) is 1.33. The van der Waals surface area contributed by atoms with Crippen LogP contribution in [0.4, 0.5) is 0 Å². The predicted octanol–water partition coefficient (Wildman–Crippen LogP) is 0.977. The van der Waals surface area contributed by atoms with E-state index in [0.29, 0.717) is 6.42 Å². The van der Waals surface area contributed by atoms with Gasteiger partial charge in [-0.25, -0.2) is 0 Å². The van der Waals surface area contributed by atoms with Crippen LogP contribution in [0.2, 0.25) is 0 Å². The summed E-state index contributed by atoms with van der Waals surface area (Å²) in [4.78, 5) is 22.6. The summed E-state index contributed by atoms with van der Waals surface area (Å²) in [6, 6.07) is -0.626. The van der Waals surface area contributed by atoms with E-state index in [9.17, 15) is 9.59 Å². The van der Waals surface area contributed by atoms with Crippen LogP contribution in [-0.2, 0) is 9.59 Å². The number of hydrogen-bond acceptors (Lipinski definition) is 3. The summed E-state index contributed by atoms with van der Waals surface area (Å²) in [5.74, 6) is -1.70. The fourth-order valence-corrected chi connectivity index (χ4v) is 1.39. The van der Waals surface area contributed by atoms with E-state index in [1.807, 2.05) is 27.7 Å². The lowest BCUT2D eigenvalue weighted by Gasteiger charge is -2.26. The van der Waals surface area contributed by atoms with E-state index in [1.165, 1.54) is 0 Å². The third-order valence-electron chi connectivity index (χ3n) is 2.72. The maximum absolute atomic E-state index is 11.7. The van der Waals surface area contributed by atoms with E-state index in [0.717, 1.165) is 6.42 Å². The number of carbonyl (C=O) groups is 2. The van der Waals surface area contributed by atoms with Crippen LogP contribution in [-0.4, -0.2) is 29.6 Å². The Hall–Kier alpha value is -1.10. The lowest BCUT2D eigenvalue weighted by Crippen LogP contribution is -2.50. The maximum Gasteiger partial charge on any atom is 0.308 e. The van der Waals surface area contributed by atoms with Crippen LogP contribution < -0.4 is 11.1 Å². The Morgan fingerprint density at radius 3 is 2.24 bits per heavy atom. The van der Waals surface area contributed by atoms with Gasteiger partial charge in [0.1, 0.15) is 0 Å². The van der Waals surface area contributed by atoms with E-state index < -0.39 is 17.9 Å². The monoisotopic (exact) mass is 244 g/mol. The number of amides is 1. The van der Waals surface area contributed by atoms with Gasteiger partial charge in [-0.05, 0) is 11.8 Å². The molecule has 0 aliphatic heterocycles. The molecule has 1 unspecified atom stereocenters. The molecule has 100 valence electrons. The zero-order valence-corrected chi connectivity index (χ0v) is 11.1. The smallest absolute Gasteiger partial charge is 0.308 e. The number of aliphatic carboxylic acids is 1. The highest BCUT2D eigenvalue weighted by molar-refractivity contribution is 5.82. The van der Waals surface area contributed by atoms with Crippen molar-refractivity contribution in [3.63, 3.8) is 0 Å². The molecule has 17 heavy (non-hydrogen) atoms. The van der Waals surface area contributed by atoms with Crippen molar-refractivity contribution < 1.29 is 14.7 Å². The molecule has 0 spiro atoms. The Labute approximate surface area is 103 Å². The first-order valence-electron chi connectivity index (χ1n) is 5.96. The molecule has 5 nitrogen and oxygen atoms in total. The highest BCUT2D eigenvalue weighted by atomic mass is 16.4. The molecule has 2 atom stereocenters. The quantitative estimate of drug-likeness (QED) is 0.649. The van der Waals surface area contributed by atoms with Gasteiger partial charge in [0.25, 0.3) is 0 Å². The molecule has 0 aromatic carbocycles. The summed E-state index contributed by atoms with van der Waals surface area (Å²) < 4.78 is 0. The molecule has 0 radical (unpaired) electrons. The Bertz CT molecular complexity index is 271. The molecular formula is C12H24N2O3. The van der Waals surface area contributed by atoms with E-state index in [2.05, 4.69) is 5.32 Å². The average molecular weight is 244 g/mol. The first-order valence-corrected chi connectivity index (χ1v) is 5.96. The summed E-state index contributed by atoms with van der Waals surface area (Å²) in [5.41, 5.74) is 5.45. The first-order chi connectivity index (χ1) is 7.70. The second kappa shape index (κ2) is 6.59. The van der Waals surface area contributed by atoms with Crippen LogP contribution in [0.15, 0.2) is 0 Å². The molecule has 0 aromatic rings. The molecule has 0 bridgehead atoms. The Balaban J connectivity index is 4.26. The molecule has 5 heteroatoms. The molecule has 0 fully saturated rings. The van der Waals surface area contributed by atoms with Gasteiger partial charge < -0.3 is 16.2 Å². The number of carboxylic acid groups (broad SMARTS) is 1. The van der Waals surface area contributed by atoms with Crippen molar-refractivity contribution >= 4 is 11.9 Å². The number of nitrogens with one attached hydrogen (secondary N) is 1. The van der Waals surface area contributed by atoms with E-state index >= 15 is 0 Å². The second-order valence-electron chi connectivity index (χ2n) is 5.41. The third kappa shape index (κ3) is 5.68. The first kappa shape index (κ1) is 15.9. The molecule has 0 aliphatic carbocycles. The van der Waals surface area contributed by atoms with Gasteiger partial charge in [-0.3, -0.25) is 9.59 Å². The molecule has 4 N–H and O–H groups in total. The molecule has 0 rings (SSSR count). The van der Waals surface area contributed by atoms with Gasteiger partial charge in [-0.15, -0.1) is 0 Å². The fraction of sp³-hybridized carbons (Fsp3) is 0.833. The van der Waals surface area contributed by atoms with Gasteiger partial charge in [0.15, 0.2) is 0 Å². The minimum atomic E-state index is -0.878. The lowest BCUT2D eigenvalue weighted by molar-refractivity contribution is -0.142. The van der Waals surface area contributed by atoms with Crippen LogP contribution in [0, 0.1) is 11.3 Å². The Kier molecular flexibility index (Phi) is 6.16. The number of carbonyl (C=O) groups excluding carboxylic acids is 1. The Morgan fingerprint density at radius 1 is 1.35 bits per heavy atom. The van der Waals surface area contributed by atoms with Crippen LogP contribution >= 0.6 is 0 Å². The second-order valence-corrected chi connectivity index (χ2v) is 5.41. The minimum Gasteiger partial charge on any atom is -0.481 e. The van der Waals surface area contributed by atoms with Crippen LogP contribution in [0.3, 0.4) is 0 Å². The fourth-order valence-electron chi connectivity index (χ4n) is 1.39. The number of nitrogens with two attached hydrogens (primary N) is 1. The number of hydrogen-bond donors (Lipinski definition) is 3. The van der Waals surface area contributed by atoms with Crippen molar-refractivity contribution in [3.05, 3.63) is 0 Å². The van der Waals surface area contributed by atoms with Crippen LogP contribution in [0.1, 0.15) is 40.5 Å². The highest BCUT2D eigenvalue weighted by Gasteiger charge is 2.28. The van der Waals surface area contributed by atoms with Crippen molar-refractivity contribution in [1.82, 2.24) is 5.32 Å². The minimum absolute atomic E-state index is 0.145. The summed E-state index contributed by atoms with van der Waals surface area (Å²) >= 11 is 0. The van der Waals surface area contributed by atoms with Crippen molar-refractivity contribution in [3.8, 4) is 0 Å². The molecular weight excluding hydrogens is 220 g/mol. The van der Waals surface area contributed by atoms with Crippen LogP contribution in [0.5, 0.6) is 0 Å². The van der Waals surface area contributed by atoms with Gasteiger partial charge >= 0.3 is 5.97 Å². The lowest BCUT2D eigenvalue weighted by atomic mass is 9.87. The Morgan fingerprint density at radius 2 is 1.88 bits per heavy atom. The normalized spacial score (nSPS) is 15.1. The number of carboxylic acids is 1. The molecule has 0 saturated carbocycles. The topological polar surface area (TPSA) is 92.4 Å². The zero-order valence-electron chi connectivity index (χ0n) is 11.1. The van der Waals surface area contributed by atoms with Crippen molar-refractivity contribution in [2.75, 3.05) is 6.54 Å². The average Bonchev–Trinajstić information content (AvgIpc) is 2.20. The zero-order chi connectivity index (χ0) is 13.6. The standard InChI is InChI=1S/C12H24N2O3/c1-5-6-8(11(16)17)7-14-10(15)9(13)12(2,3)4/h8-9H,5-7,13H2,1-4H3,(H,14,15)(H,16,17)/t8?,9-/m1/s1. The van der Waals surface area contributed by atoms with E-state index in [4.69, 9.17) is 10.8 Å². The van der Waals surface area contributed by atoms with Crippen LogP contribution in [0.25, 0.3) is 0 Å².